The highest BCUT2D eigenvalue weighted by atomic mass is 16.5. The van der Waals surface area contributed by atoms with Crippen molar-refractivity contribution in [3.63, 3.8) is 0 Å². The normalized spacial score (nSPS) is 30.4. The summed E-state index contributed by atoms with van der Waals surface area (Å²) in [5, 5.41) is 4.26. The van der Waals surface area contributed by atoms with E-state index in [-0.39, 0.29) is 0 Å². The molecule has 2 aliphatic rings. The van der Waals surface area contributed by atoms with Gasteiger partial charge in [-0.15, -0.1) is 6.58 Å². The van der Waals surface area contributed by atoms with Gasteiger partial charge in [0, 0.05) is 38.4 Å². The first-order valence-corrected chi connectivity index (χ1v) is 7.68. The lowest BCUT2D eigenvalue weighted by Gasteiger charge is -2.47. The molecular formula is C16H25N3O. The van der Waals surface area contributed by atoms with Gasteiger partial charge in [0.25, 0.3) is 0 Å². The first kappa shape index (κ1) is 13.8. The van der Waals surface area contributed by atoms with E-state index in [1.165, 1.54) is 24.8 Å². The molecule has 1 aromatic heterocycles. The van der Waals surface area contributed by atoms with Crippen molar-refractivity contribution in [2.75, 3.05) is 19.7 Å². The molecule has 20 heavy (non-hydrogen) atoms. The van der Waals surface area contributed by atoms with Crippen LogP contribution in [0.4, 0.5) is 0 Å². The molecule has 1 aliphatic carbocycles. The van der Waals surface area contributed by atoms with Gasteiger partial charge < -0.3 is 4.74 Å². The molecule has 110 valence electrons. The molecule has 1 aromatic rings. The average molecular weight is 275 g/mol. The SMILES string of the molecule is C=CCOC1C2CCCC1CN(Cc1cnn(C)c1)C2. The largest absolute Gasteiger partial charge is 0.374 e. The molecule has 0 aromatic carbocycles. The van der Waals surface area contributed by atoms with E-state index in [1.807, 2.05) is 24.0 Å². The molecule has 1 aliphatic heterocycles. The van der Waals surface area contributed by atoms with Gasteiger partial charge in [0.1, 0.15) is 0 Å². The summed E-state index contributed by atoms with van der Waals surface area (Å²) >= 11 is 0. The van der Waals surface area contributed by atoms with Crippen molar-refractivity contribution in [3.8, 4) is 0 Å². The van der Waals surface area contributed by atoms with E-state index in [0.29, 0.717) is 24.5 Å². The first-order chi connectivity index (χ1) is 9.76. The van der Waals surface area contributed by atoms with E-state index in [4.69, 9.17) is 4.74 Å². The Balaban J connectivity index is 1.62. The molecule has 0 spiro atoms. The van der Waals surface area contributed by atoms with E-state index in [1.54, 1.807) is 0 Å². The predicted octanol–water partition coefficient (Wildman–Crippen LogP) is 2.22. The van der Waals surface area contributed by atoms with Crippen LogP contribution >= 0.6 is 0 Å². The summed E-state index contributed by atoms with van der Waals surface area (Å²) in [6.45, 7) is 7.80. The van der Waals surface area contributed by atoms with Gasteiger partial charge in [0.05, 0.1) is 18.9 Å². The lowest BCUT2D eigenvalue weighted by Crippen LogP contribution is -2.52. The second kappa shape index (κ2) is 6.10. The third-order valence-electron chi connectivity index (χ3n) is 4.64. The Hall–Kier alpha value is -1.13. The lowest BCUT2D eigenvalue weighted by atomic mass is 9.75. The van der Waals surface area contributed by atoms with Gasteiger partial charge in [0.2, 0.25) is 0 Å². The lowest BCUT2D eigenvalue weighted by molar-refractivity contribution is -0.0863. The van der Waals surface area contributed by atoms with Crippen LogP contribution in [0.15, 0.2) is 25.0 Å². The van der Waals surface area contributed by atoms with E-state index < -0.39 is 0 Å². The number of nitrogens with zero attached hydrogens (tertiary/aromatic N) is 3. The van der Waals surface area contributed by atoms with Gasteiger partial charge in [-0.05, 0) is 24.7 Å². The summed E-state index contributed by atoms with van der Waals surface area (Å²) in [6.07, 6.45) is 10.4. The number of hydrogen-bond donors (Lipinski definition) is 0. The molecule has 2 fully saturated rings. The van der Waals surface area contributed by atoms with Crippen LogP contribution in [0.1, 0.15) is 24.8 Å². The van der Waals surface area contributed by atoms with Crippen LogP contribution in [0.2, 0.25) is 0 Å². The number of likely N-dealkylation sites (tertiary alicyclic amines) is 1. The third-order valence-corrected chi connectivity index (χ3v) is 4.64. The molecule has 2 bridgehead atoms. The minimum atomic E-state index is 0.451. The Labute approximate surface area is 121 Å². The molecule has 2 atom stereocenters. The van der Waals surface area contributed by atoms with E-state index in [9.17, 15) is 0 Å². The highest BCUT2D eigenvalue weighted by molar-refractivity contribution is 5.04. The summed E-state index contributed by atoms with van der Waals surface area (Å²) in [5.41, 5.74) is 1.32. The van der Waals surface area contributed by atoms with Crippen LogP contribution in [-0.4, -0.2) is 40.5 Å². The standard InChI is InChI=1S/C16H25N3O/c1-3-7-20-16-14-5-4-6-15(16)12-19(11-14)10-13-8-17-18(2)9-13/h3,8-9,14-16H,1,4-7,10-12H2,2H3. The monoisotopic (exact) mass is 275 g/mol. The Kier molecular flexibility index (Phi) is 4.22. The second-order valence-corrected chi connectivity index (χ2v) is 6.25. The fraction of sp³-hybridized carbons (Fsp3) is 0.688. The second-order valence-electron chi connectivity index (χ2n) is 6.25. The van der Waals surface area contributed by atoms with Gasteiger partial charge in [-0.25, -0.2) is 0 Å². The van der Waals surface area contributed by atoms with Crippen LogP contribution in [0.3, 0.4) is 0 Å². The smallest absolute Gasteiger partial charge is 0.0660 e. The minimum absolute atomic E-state index is 0.451. The predicted molar refractivity (Wildman–Crippen MR) is 79.3 cm³/mol. The maximum atomic E-state index is 6.04. The number of hydrogen-bond acceptors (Lipinski definition) is 3. The highest BCUT2D eigenvalue weighted by Crippen LogP contribution is 2.37. The number of fused-ring (bicyclic) bond motifs is 2. The molecule has 2 unspecified atom stereocenters. The van der Waals surface area contributed by atoms with Gasteiger partial charge in [-0.3, -0.25) is 9.58 Å². The van der Waals surface area contributed by atoms with Crippen LogP contribution in [-0.2, 0) is 18.3 Å². The van der Waals surface area contributed by atoms with E-state index in [2.05, 4.69) is 22.8 Å². The van der Waals surface area contributed by atoms with Gasteiger partial charge >= 0.3 is 0 Å². The quantitative estimate of drug-likeness (QED) is 0.772. The highest BCUT2D eigenvalue weighted by Gasteiger charge is 2.39. The van der Waals surface area contributed by atoms with Crippen LogP contribution < -0.4 is 0 Å². The van der Waals surface area contributed by atoms with E-state index in [0.717, 1.165) is 19.6 Å². The van der Waals surface area contributed by atoms with Crippen molar-refractivity contribution in [2.45, 2.75) is 31.9 Å². The molecule has 1 saturated heterocycles. The molecule has 0 N–H and O–H groups in total. The zero-order chi connectivity index (χ0) is 13.9. The number of piperidine rings is 1. The Bertz CT molecular complexity index is 442. The van der Waals surface area contributed by atoms with Crippen molar-refractivity contribution in [2.24, 2.45) is 18.9 Å². The molecule has 4 nitrogen and oxygen atoms in total. The Morgan fingerprint density at radius 3 is 2.75 bits per heavy atom. The molecule has 2 heterocycles. The Morgan fingerprint density at radius 2 is 2.15 bits per heavy atom. The van der Waals surface area contributed by atoms with Crippen molar-refractivity contribution < 1.29 is 4.74 Å². The maximum absolute atomic E-state index is 6.04. The van der Waals surface area contributed by atoms with Crippen LogP contribution in [0.25, 0.3) is 0 Å². The van der Waals surface area contributed by atoms with Gasteiger partial charge in [0.15, 0.2) is 0 Å². The topological polar surface area (TPSA) is 30.3 Å². The van der Waals surface area contributed by atoms with Crippen LogP contribution in [0.5, 0.6) is 0 Å². The third kappa shape index (κ3) is 2.96. The van der Waals surface area contributed by atoms with Crippen molar-refractivity contribution in [1.82, 2.24) is 14.7 Å². The number of aryl methyl sites for hydroxylation is 1. The zero-order valence-electron chi connectivity index (χ0n) is 12.4. The number of ether oxygens (including phenoxy) is 1. The van der Waals surface area contributed by atoms with Crippen molar-refractivity contribution >= 4 is 0 Å². The molecule has 4 heteroatoms. The zero-order valence-corrected chi connectivity index (χ0v) is 12.4. The first-order valence-electron chi connectivity index (χ1n) is 7.68. The minimum Gasteiger partial charge on any atom is -0.374 e. The Morgan fingerprint density at radius 1 is 1.40 bits per heavy atom. The van der Waals surface area contributed by atoms with Gasteiger partial charge in [-0.2, -0.15) is 5.10 Å². The summed E-state index contributed by atoms with van der Waals surface area (Å²) in [6, 6.07) is 0. The number of rotatable bonds is 5. The molecule has 0 radical (unpaired) electrons. The van der Waals surface area contributed by atoms with E-state index >= 15 is 0 Å². The van der Waals surface area contributed by atoms with Crippen molar-refractivity contribution in [3.05, 3.63) is 30.6 Å². The van der Waals surface area contributed by atoms with Crippen molar-refractivity contribution in [1.29, 1.82) is 0 Å². The van der Waals surface area contributed by atoms with Gasteiger partial charge in [-0.1, -0.05) is 12.5 Å². The maximum Gasteiger partial charge on any atom is 0.0660 e. The van der Waals surface area contributed by atoms with Crippen LogP contribution in [0, 0.1) is 11.8 Å². The summed E-state index contributed by atoms with van der Waals surface area (Å²) in [7, 11) is 1.98. The molecular weight excluding hydrogens is 250 g/mol. The molecule has 0 amide bonds. The molecule has 3 rings (SSSR count). The molecule has 1 saturated carbocycles. The number of aromatic nitrogens is 2. The summed E-state index contributed by atoms with van der Waals surface area (Å²) < 4.78 is 7.93. The summed E-state index contributed by atoms with van der Waals surface area (Å²) in [4.78, 5) is 2.58. The fourth-order valence-electron chi connectivity index (χ4n) is 3.88. The fourth-order valence-corrected chi connectivity index (χ4v) is 3.88. The summed E-state index contributed by atoms with van der Waals surface area (Å²) in [5.74, 6) is 1.39. The average Bonchev–Trinajstić information content (AvgIpc) is 2.81.